The standard InChI is InChI=1S/C19H17N3OS/c1-14-8-6-13-17(20-14)21-19-22(2)18(23)16(24-19)12-7-11-15-9-4-3-5-10-15/h3-13H,1-2H3/b11-7+,16-12-,21-19+. The van der Waals surface area contributed by atoms with Gasteiger partial charge in [-0.05, 0) is 42.5 Å². The molecule has 1 aliphatic rings. The van der Waals surface area contributed by atoms with E-state index in [9.17, 15) is 4.79 Å². The maximum absolute atomic E-state index is 12.3. The number of amidine groups is 1. The molecule has 1 saturated heterocycles. The van der Waals surface area contributed by atoms with Crippen molar-refractivity contribution >= 4 is 34.7 Å². The smallest absolute Gasteiger partial charge is 0.266 e. The van der Waals surface area contributed by atoms with Gasteiger partial charge in [-0.1, -0.05) is 48.6 Å². The van der Waals surface area contributed by atoms with E-state index >= 15 is 0 Å². The van der Waals surface area contributed by atoms with Crippen molar-refractivity contribution < 1.29 is 4.79 Å². The first-order chi connectivity index (χ1) is 11.6. The molecule has 0 N–H and O–H groups in total. The summed E-state index contributed by atoms with van der Waals surface area (Å²) in [6.45, 7) is 1.92. The number of pyridine rings is 1. The molecule has 1 fully saturated rings. The Kier molecular flexibility index (Phi) is 4.91. The zero-order valence-electron chi connectivity index (χ0n) is 13.5. The van der Waals surface area contributed by atoms with E-state index in [-0.39, 0.29) is 5.91 Å². The lowest BCUT2D eigenvalue weighted by Gasteiger charge is -2.06. The Bertz CT molecular complexity index is 841. The topological polar surface area (TPSA) is 45.6 Å². The lowest BCUT2D eigenvalue weighted by atomic mass is 10.2. The molecular formula is C19H17N3OS. The number of allylic oxidation sites excluding steroid dienone is 2. The monoisotopic (exact) mass is 335 g/mol. The van der Waals surface area contributed by atoms with Crippen LogP contribution in [0, 0.1) is 6.92 Å². The molecule has 0 spiro atoms. The number of hydrogen-bond acceptors (Lipinski definition) is 4. The molecule has 2 heterocycles. The van der Waals surface area contributed by atoms with Crippen LogP contribution in [0.4, 0.5) is 5.82 Å². The summed E-state index contributed by atoms with van der Waals surface area (Å²) in [5.74, 6) is 0.558. The Hall–Kier alpha value is -2.66. The van der Waals surface area contributed by atoms with E-state index in [1.54, 1.807) is 11.9 Å². The number of aryl methyl sites for hydroxylation is 1. The van der Waals surface area contributed by atoms with Gasteiger partial charge in [0.15, 0.2) is 11.0 Å². The third-order valence-corrected chi connectivity index (χ3v) is 4.50. The second-order valence-electron chi connectivity index (χ2n) is 5.30. The second-order valence-corrected chi connectivity index (χ2v) is 6.31. The Morgan fingerprint density at radius 3 is 2.67 bits per heavy atom. The number of aromatic nitrogens is 1. The first kappa shape index (κ1) is 16.2. The van der Waals surface area contributed by atoms with E-state index < -0.39 is 0 Å². The summed E-state index contributed by atoms with van der Waals surface area (Å²) in [4.78, 5) is 23.3. The number of benzene rings is 1. The fraction of sp³-hybridized carbons (Fsp3) is 0.105. The summed E-state index contributed by atoms with van der Waals surface area (Å²) in [7, 11) is 1.73. The zero-order chi connectivity index (χ0) is 16.9. The average molecular weight is 335 g/mol. The van der Waals surface area contributed by atoms with Crippen molar-refractivity contribution in [2.75, 3.05) is 7.05 Å². The van der Waals surface area contributed by atoms with Crippen LogP contribution in [-0.4, -0.2) is 28.0 Å². The van der Waals surface area contributed by atoms with Gasteiger partial charge in [0.1, 0.15) is 0 Å². The Morgan fingerprint density at radius 1 is 1.12 bits per heavy atom. The minimum absolute atomic E-state index is 0.0517. The Labute approximate surface area is 145 Å². The van der Waals surface area contributed by atoms with Crippen LogP contribution < -0.4 is 0 Å². The fourth-order valence-electron chi connectivity index (χ4n) is 2.17. The van der Waals surface area contributed by atoms with Gasteiger partial charge in [-0.25, -0.2) is 9.98 Å². The summed E-state index contributed by atoms with van der Waals surface area (Å²) in [5, 5.41) is 0.637. The predicted octanol–water partition coefficient (Wildman–Crippen LogP) is 4.18. The van der Waals surface area contributed by atoms with Gasteiger partial charge >= 0.3 is 0 Å². The van der Waals surface area contributed by atoms with Crippen LogP contribution >= 0.6 is 11.8 Å². The lowest BCUT2D eigenvalue weighted by molar-refractivity contribution is -0.121. The highest BCUT2D eigenvalue weighted by Crippen LogP contribution is 2.31. The molecule has 1 aromatic heterocycles. The first-order valence-corrected chi connectivity index (χ1v) is 8.37. The van der Waals surface area contributed by atoms with Crippen molar-refractivity contribution in [3.8, 4) is 0 Å². The molecule has 1 aromatic carbocycles. The van der Waals surface area contributed by atoms with E-state index in [0.717, 1.165) is 11.3 Å². The molecular weight excluding hydrogens is 318 g/mol. The summed E-state index contributed by atoms with van der Waals surface area (Å²) in [6.07, 6.45) is 5.68. The maximum atomic E-state index is 12.3. The number of carbonyl (C=O) groups excluding carboxylic acids is 1. The van der Waals surface area contributed by atoms with Crippen LogP contribution in [-0.2, 0) is 4.79 Å². The number of aliphatic imine (C=N–C) groups is 1. The van der Waals surface area contributed by atoms with Crippen molar-refractivity contribution in [1.29, 1.82) is 0 Å². The quantitative estimate of drug-likeness (QED) is 0.791. The molecule has 1 amide bonds. The number of carbonyl (C=O) groups is 1. The molecule has 0 atom stereocenters. The van der Waals surface area contributed by atoms with Gasteiger partial charge in [0, 0.05) is 12.7 Å². The highest BCUT2D eigenvalue weighted by Gasteiger charge is 2.29. The highest BCUT2D eigenvalue weighted by molar-refractivity contribution is 8.18. The van der Waals surface area contributed by atoms with Crippen LogP contribution in [0.5, 0.6) is 0 Å². The van der Waals surface area contributed by atoms with Crippen LogP contribution in [0.2, 0.25) is 0 Å². The van der Waals surface area contributed by atoms with Crippen molar-refractivity contribution in [2.45, 2.75) is 6.92 Å². The molecule has 24 heavy (non-hydrogen) atoms. The Balaban J connectivity index is 1.79. The van der Waals surface area contributed by atoms with E-state index in [1.165, 1.54) is 11.8 Å². The van der Waals surface area contributed by atoms with Crippen molar-refractivity contribution in [3.05, 3.63) is 76.8 Å². The lowest BCUT2D eigenvalue weighted by Crippen LogP contribution is -2.23. The average Bonchev–Trinajstić information content (AvgIpc) is 2.84. The van der Waals surface area contributed by atoms with Gasteiger partial charge in [-0.3, -0.25) is 9.69 Å². The van der Waals surface area contributed by atoms with Crippen LogP contribution in [0.3, 0.4) is 0 Å². The summed E-state index contributed by atoms with van der Waals surface area (Å²) >= 11 is 1.36. The van der Waals surface area contributed by atoms with Crippen molar-refractivity contribution in [3.63, 3.8) is 0 Å². The van der Waals surface area contributed by atoms with Crippen LogP contribution in [0.15, 0.2) is 70.6 Å². The molecule has 3 rings (SSSR count). The van der Waals surface area contributed by atoms with Gasteiger partial charge in [0.05, 0.1) is 4.91 Å². The van der Waals surface area contributed by atoms with E-state index in [1.807, 2.05) is 73.7 Å². The molecule has 2 aromatic rings. The number of thioether (sulfide) groups is 1. The molecule has 5 heteroatoms. The van der Waals surface area contributed by atoms with Crippen LogP contribution in [0.25, 0.3) is 6.08 Å². The third kappa shape index (κ3) is 3.81. The number of hydrogen-bond donors (Lipinski definition) is 0. The number of nitrogens with zero attached hydrogens (tertiary/aromatic N) is 3. The number of likely N-dealkylation sites (N-methyl/N-ethyl adjacent to an activating group) is 1. The van der Waals surface area contributed by atoms with Crippen LogP contribution in [0.1, 0.15) is 11.3 Å². The second kappa shape index (κ2) is 7.27. The zero-order valence-corrected chi connectivity index (χ0v) is 14.3. The predicted molar refractivity (Wildman–Crippen MR) is 100.0 cm³/mol. The minimum Gasteiger partial charge on any atom is -0.289 e. The van der Waals surface area contributed by atoms with Gasteiger partial charge in [-0.15, -0.1) is 0 Å². The van der Waals surface area contributed by atoms with Gasteiger partial charge in [-0.2, -0.15) is 0 Å². The van der Waals surface area contributed by atoms with Gasteiger partial charge in [0.2, 0.25) is 0 Å². The molecule has 4 nitrogen and oxygen atoms in total. The van der Waals surface area contributed by atoms with Gasteiger partial charge in [0.25, 0.3) is 5.91 Å². The van der Waals surface area contributed by atoms with Gasteiger partial charge < -0.3 is 0 Å². The molecule has 0 bridgehead atoms. The van der Waals surface area contributed by atoms with Crippen molar-refractivity contribution in [2.24, 2.45) is 4.99 Å². The third-order valence-electron chi connectivity index (χ3n) is 3.42. The highest BCUT2D eigenvalue weighted by atomic mass is 32.2. The molecule has 0 unspecified atom stereocenters. The SMILES string of the molecule is Cc1cccc(/N=C2/S/C(=C\C=C\c3ccccc3)C(=O)N2C)n1. The van der Waals surface area contributed by atoms with E-state index in [0.29, 0.717) is 15.9 Å². The maximum Gasteiger partial charge on any atom is 0.266 e. The first-order valence-electron chi connectivity index (χ1n) is 7.55. The summed E-state index contributed by atoms with van der Waals surface area (Å²) in [5.41, 5.74) is 1.99. The molecule has 1 aliphatic heterocycles. The molecule has 120 valence electrons. The molecule has 0 saturated carbocycles. The fourth-order valence-corrected chi connectivity index (χ4v) is 3.09. The largest absolute Gasteiger partial charge is 0.289 e. The van der Waals surface area contributed by atoms with E-state index in [4.69, 9.17) is 0 Å². The summed E-state index contributed by atoms with van der Waals surface area (Å²) < 4.78 is 0. The Morgan fingerprint density at radius 2 is 1.92 bits per heavy atom. The number of amides is 1. The molecule has 0 aliphatic carbocycles. The van der Waals surface area contributed by atoms with Crippen molar-refractivity contribution in [1.82, 2.24) is 9.88 Å². The van der Waals surface area contributed by atoms with E-state index in [2.05, 4.69) is 9.98 Å². The summed E-state index contributed by atoms with van der Waals surface area (Å²) in [6, 6.07) is 15.6. The minimum atomic E-state index is -0.0517. The normalized spacial score (nSPS) is 18.2. The molecule has 0 radical (unpaired) electrons. The number of rotatable bonds is 3.